The highest BCUT2D eigenvalue weighted by atomic mass is 16.6. The van der Waals surface area contributed by atoms with Crippen LogP contribution in [0.5, 0.6) is 11.5 Å². The van der Waals surface area contributed by atoms with Gasteiger partial charge < -0.3 is 24.8 Å². The average Bonchev–Trinajstić information content (AvgIpc) is 2.58. The van der Waals surface area contributed by atoms with E-state index in [4.69, 9.17) is 14.2 Å². The summed E-state index contributed by atoms with van der Waals surface area (Å²) < 4.78 is 16.2. The highest BCUT2D eigenvalue weighted by molar-refractivity contribution is 5.62. The van der Waals surface area contributed by atoms with E-state index in [1.165, 1.54) is 0 Å². The Morgan fingerprint density at radius 2 is 1.96 bits per heavy atom. The molecule has 2 heterocycles. The number of rotatable bonds is 7. The number of nitrogens with one attached hydrogen (secondary N) is 2. The van der Waals surface area contributed by atoms with Crippen LogP contribution < -0.4 is 20.1 Å². The van der Waals surface area contributed by atoms with Gasteiger partial charge in [0.1, 0.15) is 19.0 Å². The highest BCUT2D eigenvalue weighted by Gasteiger charge is 2.12. The largest absolute Gasteiger partial charge is 0.486 e. The van der Waals surface area contributed by atoms with Crippen molar-refractivity contribution >= 4 is 17.5 Å². The molecule has 128 valence electrons. The number of hydrogen-bond acceptors (Lipinski definition) is 7. The van der Waals surface area contributed by atoms with Crippen molar-refractivity contribution in [2.24, 2.45) is 0 Å². The Morgan fingerprint density at radius 3 is 2.79 bits per heavy atom. The van der Waals surface area contributed by atoms with Gasteiger partial charge in [-0.15, -0.1) is 0 Å². The Bertz CT molecular complexity index is 694. The van der Waals surface area contributed by atoms with Crippen LogP contribution >= 0.6 is 0 Å². The van der Waals surface area contributed by atoms with Gasteiger partial charge in [0.2, 0.25) is 5.95 Å². The van der Waals surface area contributed by atoms with Crippen LogP contribution in [0.15, 0.2) is 24.3 Å². The van der Waals surface area contributed by atoms with Crippen molar-refractivity contribution in [3.05, 3.63) is 30.0 Å². The number of fused-ring (bicyclic) bond motifs is 1. The minimum atomic E-state index is 0.568. The molecule has 7 heteroatoms. The van der Waals surface area contributed by atoms with Gasteiger partial charge in [0.25, 0.3) is 0 Å². The average molecular weight is 330 g/mol. The maximum Gasteiger partial charge on any atom is 0.224 e. The number of aryl methyl sites for hydroxylation is 1. The van der Waals surface area contributed by atoms with Crippen LogP contribution in [-0.2, 0) is 4.74 Å². The highest BCUT2D eigenvalue weighted by Crippen LogP contribution is 2.33. The number of hydrogen-bond donors (Lipinski definition) is 2. The molecule has 0 aliphatic carbocycles. The smallest absolute Gasteiger partial charge is 0.224 e. The maximum absolute atomic E-state index is 5.60. The summed E-state index contributed by atoms with van der Waals surface area (Å²) in [4.78, 5) is 8.89. The summed E-state index contributed by atoms with van der Waals surface area (Å²) in [6.45, 7) is 4.57. The number of ether oxygens (including phenoxy) is 3. The Balaban J connectivity index is 1.69. The predicted octanol–water partition coefficient (Wildman–Crippen LogP) is 2.75. The first-order valence-corrected chi connectivity index (χ1v) is 8.00. The van der Waals surface area contributed by atoms with E-state index in [-0.39, 0.29) is 0 Å². The zero-order valence-corrected chi connectivity index (χ0v) is 14.0. The van der Waals surface area contributed by atoms with Crippen molar-refractivity contribution in [1.29, 1.82) is 0 Å². The summed E-state index contributed by atoms with van der Waals surface area (Å²) in [5, 5.41) is 6.49. The zero-order chi connectivity index (χ0) is 16.8. The van der Waals surface area contributed by atoms with Gasteiger partial charge in [-0.3, -0.25) is 0 Å². The molecule has 1 aromatic heterocycles. The van der Waals surface area contributed by atoms with Gasteiger partial charge in [-0.25, -0.2) is 4.98 Å². The molecule has 0 bridgehead atoms. The molecule has 0 unspecified atom stereocenters. The lowest BCUT2D eigenvalue weighted by molar-refractivity contribution is 0.171. The van der Waals surface area contributed by atoms with Crippen LogP contribution in [0.1, 0.15) is 12.1 Å². The van der Waals surface area contributed by atoms with Crippen LogP contribution in [0.3, 0.4) is 0 Å². The van der Waals surface area contributed by atoms with Crippen molar-refractivity contribution in [2.45, 2.75) is 13.3 Å². The number of methoxy groups -OCH3 is 1. The molecule has 0 spiro atoms. The molecule has 0 saturated heterocycles. The number of anilines is 3. The Hall–Kier alpha value is -2.54. The lowest BCUT2D eigenvalue weighted by atomic mass is 10.2. The first-order valence-electron chi connectivity index (χ1n) is 8.00. The van der Waals surface area contributed by atoms with E-state index < -0.39 is 0 Å². The molecule has 0 fully saturated rings. The third-order valence-electron chi connectivity index (χ3n) is 3.48. The van der Waals surface area contributed by atoms with Crippen molar-refractivity contribution in [1.82, 2.24) is 9.97 Å². The van der Waals surface area contributed by atoms with E-state index in [0.717, 1.165) is 41.7 Å². The van der Waals surface area contributed by atoms with Crippen molar-refractivity contribution in [3.8, 4) is 11.5 Å². The molecule has 0 atom stereocenters. The summed E-state index contributed by atoms with van der Waals surface area (Å²) in [5.74, 6) is 2.85. The first kappa shape index (κ1) is 16.3. The molecular formula is C17H22N4O3. The normalized spacial score (nSPS) is 12.8. The molecular weight excluding hydrogens is 308 g/mol. The van der Waals surface area contributed by atoms with Gasteiger partial charge in [-0.1, -0.05) is 0 Å². The first-order chi connectivity index (χ1) is 11.7. The van der Waals surface area contributed by atoms with E-state index in [9.17, 15) is 0 Å². The van der Waals surface area contributed by atoms with Gasteiger partial charge in [-0.05, 0) is 25.5 Å². The van der Waals surface area contributed by atoms with Crippen LogP contribution in [-0.4, -0.2) is 43.4 Å². The van der Waals surface area contributed by atoms with Gasteiger partial charge in [0.15, 0.2) is 11.5 Å². The lowest BCUT2D eigenvalue weighted by Gasteiger charge is -2.19. The fourth-order valence-electron chi connectivity index (χ4n) is 2.40. The van der Waals surface area contributed by atoms with Gasteiger partial charge >= 0.3 is 0 Å². The number of nitrogens with zero attached hydrogens (tertiary/aromatic N) is 2. The lowest BCUT2D eigenvalue weighted by Crippen LogP contribution is -2.15. The van der Waals surface area contributed by atoms with E-state index in [1.54, 1.807) is 7.11 Å². The van der Waals surface area contributed by atoms with Crippen LogP contribution in [0.25, 0.3) is 0 Å². The predicted molar refractivity (Wildman–Crippen MR) is 92.5 cm³/mol. The zero-order valence-electron chi connectivity index (χ0n) is 14.0. The Morgan fingerprint density at radius 1 is 1.12 bits per heavy atom. The summed E-state index contributed by atoms with van der Waals surface area (Å²) in [5.41, 5.74) is 1.78. The minimum Gasteiger partial charge on any atom is -0.486 e. The second-order valence-electron chi connectivity index (χ2n) is 5.47. The second kappa shape index (κ2) is 7.83. The van der Waals surface area contributed by atoms with E-state index >= 15 is 0 Å². The Labute approximate surface area is 141 Å². The molecule has 0 amide bonds. The Kier molecular flexibility index (Phi) is 5.32. The van der Waals surface area contributed by atoms with Crippen molar-refractivity contribution in [2.75, 3.05) is 44.1 Å². The van der Waals surface area contributed by atoms with Crippen LogP contribution in [0.2, 0.25) is 0 Å². The summed E-state index contributed by atoms with van der Waals surface area (Å²) >= 11 is 0. The molecule has 2 aromatic rings. The fourth-order valence-corrected chi connectivity index (χ4v) is 2.40. The van der Waals surface area contributed by atoms with Gasteiger partial charge in [0, 0.05) is 43.8 Å². The van der Waals surface area contributed by atoms with Crippen LogP contribution in [0, 0.1) is 6.92 Å². The monoisotopic (exact) mass is 330 g/mol. The van der Waals surface area contributed by atoms with Crippen LogP contribution in [0.4, 0.5) is 17.5 Å². The molecule has 1 aromatic carbocycles. The number of aromatic nitrogens is 2. The second-order valence-corrected chi connectivity index (χ2v) is 5.47. The van der Waals surface area contributed by atoms with E-state index in [2.05, 4.69) is 20.6 Å². The van der Waals surface area contributed by atoms with Gasteiger partial charge in [0.05, 0.1) is 0 Å². The van der Waals surface area contributed by atoms with Crippen molar-refractivity contribution < 1.29 is 14.2 Å². The molecule has 24 heavy (non-hydrogen) atoms. The van der Waals surface area contributed by atoms with E-state index in [0.29, 0.717) is 25.8 Å². The minimum absolute atomic E-state index is 0.568. The molecule has 0 radical (unpaired) electrons. The standard InChI is InChI=1S/C17H22N4O3/c1-12-10-16(21-17(19-12)18-6-3-7-22-2)20-13-4-5-14-15(11-13)24-9-8-23-14/h4-5,10-11H,3,6-9H2,1-2H3,(H2,18,19,20,21). The molecule has 1 aliphatic rings. The van der Waals surface area contributed by atoms with Gasteiger partial charge in [-0.2, -0.15) is 4.98 Å². The third kappa shape index (κ3) is 4.26. The fraction of sp³-hybridized carbons (Fsp3) is 0.412. The quantitative estimate of drug-likeness (QED) is 0.756. The summed E-state index contributed by atoms with van der Waals surface area (Å²) in [6.07, 6.45) is 0.902. The summed E-state index contributed by atoms with van der Waals surface area (Å²) in [7, 11) is 1.69. The SMILES string of the molecule is COCCCNc1nc(C)cc(Nc2ccc3c(c2)OCCO3)n1. The van der Waals surface area contributed by atoms with Crippen molar-refractivity contribution in [3.63, 3.8) is 0 Å². The maximum atomic E-state index is 5.60. The number of benzene rings is 1. The van der Waals surface area contributed by atoms with E-state index in [1.807, 2.05) is 31.2 Å². The molecule has 1 aliphatic heterocycles. The molecule has 7 nitrogen and oxygen atoms in total. The third-order valence-corrected chi connectivity index (χ3v) is 3.48. The molecule has 3 rings (SSSR count). The molecule has 0 saturated carbocycles. The summed E-state index contributed by atoms with van der Waals surface area (Å²) in [6, 6.07) is 7.65. The topological polar surface area (TPSA) is 77.5 Å². The molecule has 2 N–H and O–H groups in total.